The molecule has 1 aliphatic rings. The van der Waals surface area contributed by atoms with Crippen LogP contribution in [0.15, 0.2) is 48.5 Å². The quantitative estimate of drug-likeness (QED) is 0.440. The number of carbonyl (C=O) groups is 2. The van der Waals surface area contributed by atoms with Crippen molar-refractivity contribution in [1.82, 2.24) is 4.90 Å². The van der Waals surface area contributed by atoms with Crippen LogP contribution in [0.2, 0.25) is 0 Å². The average molecular weight is 370 g/mol. The maximum absolute atomic E-state index is 12.6. The van der Waals surface area contributed by atoms with Gasteiger partial charge in [0, 0.05) is 36.3 Å². The lowest BCUT2D eigenvalue weighted by Crippen LogP contribution is -2.40. The summed E-state index contributed by atoms with van der Waals surface area (Å²) in [6.07, 6.45) is 0. The first-order chi connectivity index (χ1) is 13.1. The highest BCUT2D eigenvalue weighted by molar-refractivity contribution is 5.97. The minimum atomic E-state index is -0.606. The van der Waals surface area contributed by atoms with Crippen LogP contribution in [-0.4, -0.2) is 54.4 Å². The van der Waals surface area contributed by atoms with E-state index in [1.807, 2.05) is 0 Å². The Balaban J connectivity index is 1.78. The fourth-order valence-corrected chi connectivity index (χ4v) is 2.71. The number of rotatable bonds is 6. The van der Waals surface area contributed by atoms with Crippen molar-refractivity contribution in [3.8, 4) is 5.75 Å². The second-order valence-electron chi connectivity index (χ2n) is 5.92. The molecule has 0 aliphatic carbocycles. The molecule has 0 spiro atoms. The fourth-order valence-electron chi connectivity index (χ4n) is 2.71. The number of amides is 1. The smallest absolute Gasteiger partial charge is 0.310 e. The number of ketones is 1. The Morgan fingerprint density at radius 1 is 1.07 bits per heavy atom. The lowest BCUT2D eigenvalue weighted by atomic mass is 10.1. The van der Waals surface area contributed by atoms with Crippen molar-refractivity contribution in [2.24, 2.45) is 0 Å². The van der Waals surface area contributed by atoms with E-state index < -0.39 is 4.92 Å². The molecule has 1 aliphatic heterocycles. The van der Waals surface area contributed by atoms with Crippen LogP contribution in [-0.2, 0) is 4.74 Å². The predicted octanol–water partition coefficient (Wildman–Crippen LogP) is 2.33. The molecule has 1 saturated heterocycles. The molecule has 0 saturated carbocycles. The summed E-state index contributed by atoms with van der Waals surface area (Å²) in [6, 6.07) is 12.4. The summed E-state index contributed by atoms with van der Waals surface area (Å²) in [5.41, 5.74) is 0.416. The third-order valence-electron chi connectivity index (χ3n) is 4.16. The summed E-state index contributed by atoms with van der Waals surface area (Å²) in [5, 5.41) is 11.2. The van der Waals surface area contributed by atoms with Crippen LogP contribution in [0.1, 0.15) is 20.7 Å². The van der Waals surface area contributed by atoms with Crippen LogP contribution >= 0.6 is 0 Å². The number of hydrogen-bond acceptors (Lipinski definition) is 6. The maximum atomic E-state index is 12.6. The Bertz CT molecular complexity index is 847. The molecule has 0 bridgehead atoms. The van der Waals surface area contributed by atoms with Gasteiger partial charge in [-0.25, -0.2) is 0 Å². The van der Waals surface area contributed by atoms with Crippen LogP contribution in [0.5, 0.6) is 5.75 Å². The topological polar surface area (TPSA) is 99.0 Å². The first kappa shape index (κ1) is 18.5. The molecule has 0 radical (unpaired) electrons. The number of nitro groups is 1. The molecule has 1 heterocycles. The summed E-state index contributed by atoms with van der Waals surface area (Å²) in [5.74, 6) is -0.675. The molecule has 0 unspecified atom stereocenters. The van der Waals surface area contributed by atoms with Gasteiger partial charge in [0.25, 0.3) is 5.91 Å². The number of Topliss-reactive ketones (excluding diaryl/α,β-unsaturated/α-hetero) is 1. The van der Waals surface area contributed by atoms with E-state index >= 15 is 0 Å². The van der Waals surface area contributed by atoms with Crippen molar-refractivity contribution in [2.75, 3.05) is 32.9 Å². The average Bonchev–Trinajstić information content (AvgIpc) is 2.72. The Morgan fingerprint density at radius 3 is 2.44 bits per heavy atom. The molecule has 0 N–H and O–H groups in total. The minimum Gasteiger partial charge on any atom is -0.478 e. The molecular formula is C19H18N2O6. The van der Waals surface area contributed by atoms with Crippen molar-refractivity contribution in [2.45, 2.75) is 0 Å². The normalized spacial score (nSPS) is 13.9. The van der Waals surface area contributed by atoms with Gasteiger partial charge >= 0.3 is 5.69 Å². The molecule has 2 aromatic rings. The van der Waals surface area contributed by atoms with E-state index in [1.165, 1.54) is 18.2 Å². The lowest BCUT2D eigenvalue weighted by Gasteiger charge is -2.26. The van der Waals surface area contributed by atoms with Gasteiger partial charge in [-0.15, -0.1) is 0 Å². The number of morpholine rings is 1. The van der Waals surface area contributed by atoms with E-state index in [1.54, 1.807) is 35.2 Å². The highest BCUT2D eigenvalue weighted by Crippen LogP contribution is 2.29. The number of carbonyl (C=O) groups excluding carboxylic acids is 2. The molecule has 1 amide bonds. The van der Waals surface area contributed by atoms with E-state index in [9.17, 15) is 19.7 Å². The molecule has 140 valence electrons. The molecule has 0 atom stereocenters. The van der Waals surface area contributed by atoms with Gasteiger partial charge in [0.2, 0.25) is 0 Å². The number of nitrogens with zero attached hydrogens (tertiary/aromatic N) is 2. The Kier molecular flexibility index (Phi) is 5.77. The largest absolute Gasteiger partial charge is 0.478 e. The second-order valence-corrected chi connectivity index (χ2v) is 5.92. The molecule has 3 rings (SSSR count). The maximum Gasteiger partial charge on any atom is 0.310 e. The summed E-state index contributed by atoms with van der Waals surface area (Å²) >= 11 is 0. The van der Waals surface area contributed by atoms with Gasteiger partial charge < -0.3 is 14.4 Å². The summed E-state index contributed by atoms with van der Waals surface area (Å²) in [4.78, 5) is 37.0. The van der Waals surface area contributed by atoms with Gasteiger partial charge in [-0.1, -0.05) is 30.3 Å². The van der Waals surface area contributed by atoms with Crippen LogP contribution in [0.25, 0.3) is 0 Å². The van der Waals surface area contributed by atoms with Gasteiger partial charge in [0.15, 0.2) is 18.1 Å². The van der Waals surface area contributed by atoms with Gasteiger partial charge in [0.1, 0.15) is 0 Å². The summed E-state index contributed by atoms with van der Waals surface area (Å²) in [7, 11) is 0. The number of ether oxygens (including phenoxy) is 2. The van der Waals surface area contributed by atoms with Crippen molar-refractivity contribution < 1.29 is 24.0 Å². The second kappa shape index (κ2) is 8.41. The Morgan fingerprint density at radius 2 is 1.78 bits per heavy atom. The summed E-state index contributed by atoms with van der Waals surface area (Å²) in [6.45, 7) is 1.46. The van der Waals surface area contributed by atoms with Crippen molar-refractivity contribution >= 4 is 17.4 Å². The molecular weight excluding hydrogens is 352 g/mol. The third kappa shape index (κ3) is 4.48. The molecule has 1 fully saturated rings. The zero-order valence-electron chi connectivity index (χ0n) is 14.5. The molecule has 8 heteroatoms. The first-order valence-electron chi connectivity index (χ1n) is 8.43. The standard InChI is InChI=1S/C19H18N2O6/c22-17(14-4-2-1-3-5-14)13-27-18-12-15(6-7-16(18)21(24)25)19(23)20-8-10-26-11-9-20/h1-7,12H,8-11,13H2. The predicted molar refractivity (Wildman–Crippen MR) is 96.1 cm³/mol. The molecule has 27 heavy (non-hydrogen) atoms. The monoisotopic (exact) mass is 370 g/mol. The zero-order chi connectivity index (χ0) is 19.2. The molecule has 0 aromatic heterocycles. The minimum absolute atomic E-state index is 0.108. The van der Waals surface area contributed by atoms with Crippen molar-refractivity contribution in [3.05, 3.63) is 69.8 Å². The molecule has 2 aromatic carbocycles. The van der Waals surface area contributed by atoms with E-state index in [-0.39, 0.29) is 35.3 Å². The summed E-state index contributed by atoms with van der Waals surface area (Å²) < 4.78 is 10.6. The SMILES string of the molecule is O=C(COc1cc(C(=O)N2CCOCC2)ccc1[N+](=O)[O-])c1ccccc1. The third-order valence-corrected chi connectivity index (χ3v) is 4.16. The zero-order valence-corrected chi connectivity index (χ0v) is 14.5. The van der Waals surface area contributed by atoms with Gasteiger partial charge in [-0.2, -0.15) is 0 Å². The van der Waals surface area contributed by atoms with Crippen molar-refractivity contribution in [3.63, 3.8) is 0 Å². The van der Waals surface area contributed by atoms with Crippen LogP contribution in [0.3, 0.4) is 0 Å². The van der Waals surface area contributed by atoms with E-state index in [4.69, 9.17) is 9.47 Å². The number of benzene rings is 2. The van der Waals surface area contributed by atoms with Gasteiger partial charge in [0.05, 0.1) is 18.1 Å². The fraction of sp³-hybridized carbons (Fsp3) is 0.263. The first-order valence-corrected chi connectivity index (χ1v) is 8.43. The number of nitro benzene ring substituents is 1. The highest BCUT2D eigenvalue weighted by atomic mass is 16.6. The van der Waals surface area contributed by atoms with Crippen LogP contribution in [0, 0.1) is 10.1 Å². The van der Waals surface area contributed by atoms with E-state index in [0.717, 1.165) is 0 Å². The van der Waals surface area contributed by atoms with Crippen LogP contribution < -0.4 is 4.74 Å². The van der Waals surface area contributed by atoms with Gasteiger partial charge in [-0.3, -0.25) is 19.7 Å². The van der Waals surface area contributed by atoms with Gasteiger partial charge in [-0.05, 0) is 6.07 Å². The molecule has 8 nitrogen and oxygen atoms in total. The van der Waals surface area contributed by atoms with Crippen molar-refractivity contribution in [1.29, 1.82) is 0 Å². The van der Waals surface area contributed by atoms with E-state index in [0.29, 0.717) is 31.9 Å². The highest BCUT2D eigenvalue weighted by Gasteiger charge is 2.23. The van der Waals surface area contributed by atoms with E-state index in [2.05, 4.69) is 0 Å². The lowest BCUT2D eigenvalue weighted by molar-refractivity contribution is -0.385. The number of hydrogen-bond donors (Lipinski definition) is 0. The Labute approximate surface area is 155 Å². The van der Waals surface area contributed by atoms with Crippen LogP contribution in [0.4, 0.5) is 5.69 Å². The Hall–Kier alpha value is -3.26.